The molecule has 0 bridgehead atoms. The number of aromatic nitrogens is 1. The average Bonchev–Trinajstić information content (AvgIpc) is 3.14. The highest BCUT2D eigenvalue weighted by atomic mass is 35.5. The summed E-state index contributed by atoms with van der Waals surface area (Å²) in [7, 11) is 0. The second kappa shape index (κ2) is 9.36. The van der Waals surface area contributed by atoms with Crippen LogP contribution in [0.4, 0.5) is 9.59 Å². The third kappa shape index (κ3) is 5.05. The van der Waals surface area contributed by atoms with E-state index < -0.39 is 12.2 Å². The molecule has 0 atom stereocenters. The Balaban J connectivity index is 1.54. The molecule has 0 radical (unpaired) electrons. The van der Waals surface area contributed by atoms with Crippen molar-refractivity contribution < 1.29 is 23.8 Å². The Morgan fingerprint density at radius 3 is 2.03 bits per heavy atom. The minimum atomic E-state index is -0.935. The van der Waals surface area contributed by atoms with E-state index >= 15 is 0 Å². The molecule has 0 unspecified atom stereocenters. The molecule has 3 aromatic carbocycles. The molecule has 31 heavy (non-hydrogen) atoms. The van der Waals surface area contributed by atoms with E-state index in [9.17, 15) is 9.59 Å². The summed E-state index contributed by atoms with van der Waals surface area (Å²) in [5.41, 5.74) is 2.14. The number of benzene rings is 3. The molecule has 0 saturated carbocycles. The molecule has 156 valence electrons. The summed E-state index contributed by atoms with van der Waals surface area (Å²) >= 11 is 6.07. The first kappa shape index (κ1) is 20.5. The molecule has 4 rings (SSSR count). The largest absolute Gasteiger partial charge is 0.515 e. The predicted molar refractivity (Wildman–Crippen MR) is 116 cm³/mol. The highest BCUT2D eigenvalue weighted by molar-refractivity contribution is 6.31. The van der Waals surface area contributed by atoms with Gasteiger partial charge in [0.1, 0.15) is 13.2 Å². The zero-order valence-electron chi connectivity index (χ0n) is 16.4. The number of rotatable bonds is 5. The van der Waals surface area contributed by atoms with Gasteiger partial charge in [-0.3, -0.25) is 0 Å². The molecule has 0 N–H and O–H groups in total. The number of halogens is 1. The number of hydrogen-bond donors (Lipinski definition) is 0. The van der Waals surface area contributed by atoms with Crippen molar-refractivity contribution in [2.24, 2.45) is 0 Å². The van der Waals surface area contributed by atoms with Crippen molar-refractivity contribution in [1.29, 1.82) is 0 Å². The minimum Gasteiger partial charge on any atom is -0.444 e. The van der Waals surface area contributed by atoms with E-state index in [0.29, 0.717) is 15.9 Å². The van der Waals surface area contributed by atoms with E-state index in [0.717, 1.165) is 11.1 Å². The maximum absolute atomic E-state index is 12.8. The molecule has 1 heterocycles. The van der Waals surface area contributed by atoms with E-state index in [4.69, 9.17) is 25.8 Å². The van der Waals surface area contributed by atoms with Crippen LogP contribution in [0.1, 0.15) is 11.1 Å². The number of carbonyl (C=O) groups is 2. The van der Waals surface area contributed by atoms with Gasteiger partial charge in [0, 0.05) is 16.5 Å². The van der Waals surface area contributed by atoms with Crippen molar-refractivity contribution in [2.45, 2.75) is 13.2 Å². The van der Waals surface area contributed by atoms with E-state index in [2.05, 4.69) is 0 Å². The van der Waals surface area contributed by atoms with Gasteiger partial charge in [-0.1, -0.05) is 72.3 Å². The lowest BCUT2D eigenvalue weighted by molar-refractivity contribution is 0.0890. The molecule has 7 heteroatoms. The third-order valence-corrected chi connectivity index (χ3v) is 4.74. The fourth-order valence-corrected chi connectivity index (χ4v) is 3.22. The zero-order valence-corrected chi connectivity index (χ0v) is 17.1. The van der Waals surface area contributed by atoms with Gasteiger partial charge in [0.2, 0.25) is 5.88 Å². The van der Waals surface area contributed by atoms with Crippen LogP contribution < -0.4 is 4.74 Å². The lowest BCUT2D eigenvalue weighted by atomic mass is 10.2. The van der Waals surface area contributed by atoms with Gasteiger partial charge in [-0.15, -0.1) is 0 Å². The first-order valence-electron chi connectivity index (χ1n) is 9.51. The number of fused-ring (bicyclic) bond motifs is 1. The minimum absolute atomic E-state index is 0.0200. The van der Waals surface area contributed by atoms with Crippen LogP contribution in [0.2, 0.25) is 5.02 Å². The molecular formula is C24H18ClNO5. The van der Waals surface area contributed by atoms with Crippen LogP contribution >= 0.6 is 11.6 Å². The molecule has 0 saturated heterocycles. The topological polar surface area (TPSA) is 66.8 Å². The molecule has 0 fully saturated rings. The molecule has 6 nitrogen and oxygen atoms in total. The number of carbonyl (C=O) groups excluding carboxylic acids is 2. The number of ether oxygens (including phenoxy) is 3. The Hall–Kier alpha value is -3.77. The van der Waals surface area contributed by atoms with E-state index in [1.54, 1.807) is 18.2 Å². The summed E-state index contributed by atoms with van der Waals surface area (Å²) in [5.74, 6) is -0.0200. The quantitative estimate of drug-likeness (QED) is 0.349. The molecule has 0 aliphatic heterocycles. The summed E-state index contributed by atoms with van der Waals surface area (Å²) in [6, 6.07) is 25.0. The predicted octanol–water partition coefficient (Wildman–Crippen LogP) is 6.20. The fourth-order valence-electron chi connectivity index (χ4n) is 3.04. The maximum Gasteiger partial charge on any atom is 0.515 e. The van der Waals surface area contributed by atoms with Crippen molar-refractivity contribution in [3.8, 4) is 5.88 Å². The summed E-state index contributed by atoms with van der Waals surface area (Å²) in [6.07, 6.45) is -1.62. The lowest BCUT2D eigenvalue weighted by Crippen LogP contribution is -2.18. The monoisotopic (exact) mass is 435 g/mol. The smallest absolute Gasteiger partial charge is 0.444 e. The lowest BCUT2D eigenvalue weighted by Gasteiger charge is -2.11. The van der Waals surface area contributed by atoms with Crippen LogP contribution in [0, 0.1) is 0 Å². The molecular weight excluding hydrogens is 418 g/mol. The molecule has 0 amide bonds. The Labute approximate surface area is 183 Å². The van der Waals surface area contributed by atoms with Crippen molar-refractivity contribution in [2.75, 3.05) is 0 Å². The van der Waals surface area contributed by atoms with Gasteiger partial charge < -0.3 is 14.2 Å². The Morgan fingerprint density at radius 2 is 1.39 bits per heavy atom. The highest BCUT2D eigenvalue weighted by Gasteiger charge is 2.21. The summed E-state index contributed by atoms with van der Waals surface area (Å²) in [4.78, 5) is 25.1. The summed E-state index contributed by atoms with van der Waals surface area (Å²) < 4.78 is 17.1. The van der Waals surface area contributed by atoms with Crippen molar-refractivity contribution in [1.82, 2.24) is 4.57 Å². The maximum atomic E-state index is 12.8. The Bertz CT molecular complexity index is 1200. The Kier molecular flexibility index (Phi) is 6.19. The molecule has 0 spiro atoms. The zero-order chi connectivity index (χ0) is 21.6. The van der Waals surface area contributed by atoms with E-state index in [1.165, 1.54) is 10.6 Å². The summed E-state index contributed by atoms with van der Waals surface area (Å²) in [5, 5.41) is 1.11. The van der Waals surface area contributed by atoms with Crippen LogP contribution in [0.5, 0.6) is 5.88 Å². The third-order valence-electron chi connectivity index (χ3n) is 4.50. The Morgan fingerprint density at radius 1 is 0.774 bits per heavy atom. The second-order valence-electron chi connectivity index (χ2n) is 6.69. The van der Waals surface area contributed by atoms with Gasteiger partial charge in [-0.2, -0.15) is 0 Å². The molecule has 4 aromatic rings. The van der Waals surface area contributed by atoms with E-state index in [1.807, 2.05) is 60.7 Å². The van der Waals surface area contributed by atoms with Gasteiger partial charge >= 0.3 is 12.2 Å². The van der Waals surface area contributed by atoms with Crippen molar-refractivity contribution >= 4 is 34.8 Å². The first-order valence-corrected chi connectivity index (χ1v) is 9.88. The van der Waals surface area contributed by atoms with Gasteiger partial charge in [0.05, 0.1) is 5.52 Å². The second-order valence-corrected chi connectivity index (χ2v) is 7.12. The number of hydrogen-bond acceptors (Lipinski definition) is 5. The number of nitrogens with zero attached hydrogens (tertiary/aromatic N) is 1. The van der Waals surface area contributed by atoms with Crippen molar-refractivity contribution in [3.05, 3.63) is 101 Å². The highest BCUT2D eigenvalue weighted by Crippen LogP contribution is 2.29. The fraction of sp³-hybridized carbons (Fsp3) is 0.0833. The van der Waals surface area contributed by atoms with Crippen LogP contribution in [0.25, 0.3) is 10.9 Å². The van der Waals surface area contributed by atoms with Gasteiger partial charge in [0.15, 0.2) is 0 Å². The van der Waals surface area contributed by atoms with Crippen LogP contribution in [-0.4, -0.2) is 16.8 Å². The van der Waals surface area contributed by atoms with Crippen LogP contribution in [-0.2, 0) is 22.7 Å². The van der Waals surface area contributed by atoms with Crippen LogP contribution in [0.3, 0.4) is 0 Å². The molecule has 0 aliphatic carbocycles. The van der Waals surface area contributed by atoms with Gasteiger partial charge in [-0.05, 0) is 29.3 Å². The van der Waals surface area contributed by atoms with E-state index in [-0.39, 0.29) is 19.1 Å². The van der Waals surface area contributed by atoms with Crippen LogP contribution in [0.15, 0.2) is 84.9 Å². The first-order chi connectivity index (χ1) is 15.1. The SMILES string of the molecule is O=C(OCc1ccccc1)Oc1cc2cc(Cl)ccc2n1C(=O)OCc1ccccc1. The molecule has 1 aromatic heterocycles. The molecule has 0 aliphatic rings. The van der Waals surface area contributed by atoms with Gasteiger partial charge in [-0.25, -0.2) is 14.2 Å². The normalized spacial score (nSPS) is 10.6. The van der Waals surface area contributed by atoms with Gasteiger partial charge in [0.25, 0.3) is 0 Å². The average molecular weight is 436 g/mol. The summed E-state index contributed by atoms with van der Waals surface area (Å²) in [6.45, 7) is 0.120. The van der Waals surface area contributed by atoms with Crippen molar-refractivity contribution in [3.63, 3.8) is 0 Å². The standard InChI is InChI=1S/C24H18ClNO5/c25-20-11-12-21-19(13-20)14-22(31-24(28)30-16-18-9-5-2-6-10-18)26(21)23(27)29-15-17-7-3-1-4-8-17/h1-14H,15-16H2.